The highest BCUT2D eigenvalue weighted by molar-refractivity contribution is 7.47. The van der Waals surface area contributed by atoms with Crippen LogP contribution in [0.15, 0.2) is 85.1 Å². The molecule has 1 amide bonds. The summed E-state index contributed by atoms with van der Waals surface area (Å²) in [6.07, 6.45) is 70.0. The van der Waals surface area contributed by atoms with Crippen molar-refractivity contribution in [3.63, 3.8) is 0 Å². The van der Waals surface area contributed by atoms with Crippen LogP contribution in [0.5, 0.6) is 0 Å². The lowest BCUT2D eigenvalue weighted by Crippen LogP contribution is -2.47. The van der Waals surface area contributed by atoms with Crippen molar-refractivity contribution < 1.29 is 37.3 Å². The van der Waals surface area contributed by atoms with Gasteiger partial charge in [-0.15, -0.1) is 0 Å². The Morgan fingerprint density at radius 3 is 1.34 bits per heavy atom. The molecule has 0 aromatic rings. The molecule has 0 spiro atoms. The van der Waals surface area contributed by atoms with Gasteiger partial charge in [0.15, 0.2) is 0 Å². The number of unbranched alkanes of at least 4 members (excludes halogenated alkanes) is 27. The summed E-state index contributed by atoms with van der Waals surface area (Å²) in [6, 6.07) is -0.867. The standard InChI is InChI=1S/C64H115N2O7P/c1-7-10-13-16-19-22-25-28-30-31-32-33-34-35-37-38-41-44-47-50-53-56-63(67)65-61(60-72-74(69,70)71-59-58-66(4,5)6)62(55-52-49-46-43-40-27-24-21-18-15-12-9-3)73-64(68)57-54-51-48-45-42-39-36-29-26-23-20-17-14-11-8-2/h19-20,22-23,26,28-30,32-33,35,37,52,55,61-62H,7-18,21,24-25,27,31,34,36,38-51,53-54,56-60H2,1-6H3,(H-,65,67,69,70)/p+1/b22-19-,23-20+,29-26+,30-28-,33-32-,37-35-,55-52-. The lowest BCUT2D eigenvalue weighted by atomic mass is 10.0. The van der Waals surface area contributed by atoms with Gasteiger partial charge in [-0.3, -0.25) is 18.6 Å². The zero-order valence-corrected chi connectivity index (χ0v) is 49.7. The first-order valence-electron chi connectivity index (χ1n) is 30.4. The molecule has 3 unspecified atom stereocenters. The monoisotopic (exact) mass is 1060 g/mol. The largest absolute Gasteiger partial charge is 0.472 e. The molecule has 0 rings (SSSR count). The Bertz CT molecular complexity index is 1540. The van der Waals surface area contributed by atoms with E-state index in [2.05, 4.69) is 99.0 Å². The topological polar surface area (TPSA) is 111 Å². The Balaban J connectivity index is 5.33. The number of phosphoric ester groups is 1. The summed E-state index contributed by atoms with van der Waals surface area (Å²) in [5.74, 6) is -0.542. The van der Waals surface area contributed by atoms with E-state index in [1.54, 1.807) is 0 Å². The highest BCUT2D eigenvalue weighted by Crippen LogP contribution is 2.43. The number of allylic oxidation sites excluding steroid dienone is 13. The van der Waals surface area contributed by atoms with Gasteiger partial charge in [0.25, 0.3) is 0 Å². The number of quaternary nitrogens is 1. The van der Waals surface area contributed by atoms with Gasteiger partial charge in [-0.1, -0.05) is 228 Å². The molecule has 0 aromatic heterocycles. The molecule has 3 atom stereocenters. The number of hydrogen-bond acceptors (Lipinski definition) is 6. The van der Waals surface area contributed by atoms with Crippen molar-refractivity contribution in [3.05, 3.63) is 85.1 Å². The van der Waals surface area contributed by atoms with Crippen LogP contribution in [0, 0.1) is 0 Å². The van der Waals surface area contributed by atoms with Gasteiger partial charge in [0.2, 0.25) is 5.91 Å². The minimum absolute atomic E-state index is 0.0307. The quantitative estimate of drug-likeness (QED) is 0.0156. The zero-order chi connectivity index (χ0) is 54.3. The van der Waals surface area contributed by atoms with Crippen LogP contribution in [-0.2, 0) is 27.9 Å². The minimum atomic E-state index is -4.46. The maximum Gasteiger partial charge on any atom is 0.472 e. The van der Waals surface area contributed by atoms with Crippen molar-refractivity contribution in [2.75, 3.05) is 40.9 Å². The second-order valence-electron chi connectivity index (χ2n) is 21.5. The molecule has 0 heterocycles. The second kappa shape index (κ2) is 53.6. The highest BCUT2D eigenvalue weighted by Gasteiger charge is 2.30. The third kappa shape index (κ3) is 54.0. The smallest absolute Gasteiger partial charge is 0.456 e. The molecular formula is C64H116N2O7P+. The van der Waals surface area contributed by atoms with Gasteiger partial charge >= 0.3 is 13.8 Å². The van der Waals surface area contributed by atoms with E-state index in [0.29, 0.717) is 17.4 Å². The number of likely N-dealkylation sites (N-methyl/N-ethyl adjacent to an activating group) is 1. The molecule has 0 radical (unpaired) electrons. The number of rotatable bonds is 54. The number of esters is 1. The SMILES string of the molecule is CCCCC/C=C\C/C=C\C/C=C\C/C=C\CCCCCCCC(=O)NC(COP(=O)(O)OCC[N+](C)(C)C)C(/C=C\CCCCCCCCCCCC)OC(=O)CCCCCCCC/C=C/C=C/CCCCC. The Kier molecular flexibility index (Phi) is 51.5. The third-order valence-electron chi connectivity index (χ3n) is 13.1. The number of ether oxygens (including phenoxy) is 1. The first-order valence-corrected chi connectivity index (χ1v) is 31.9. The van der Waals surface area contributed by atoms with Crippen LogP contribution in [0.4, 0.5) is 0 Å². The number of hydrogen-bond donors (Lipinski definition) is 2. The lowest BCUT2D eigenvalue weighted by molar-refractivity contribution is -0.870. The van der Waals surface area contributed by atoms with Gasteiger partial charge in [0, 0.05) is 12.8 Å². The second-order valence-corrected chi connectivity index (χ2v) is 23.0. The van der Waals surface area contributed by atoms with Crippen LogP contribution in [0.25, 0.3) is 0 Å². The Morgan fingerprint density at radius 1 is 0.486 bits per heavy atom. The van der Waals surface area contributed by atoms with Crippen LogP contribution in [0.3, 0.4) is 0 Å². The van der Waals surface area contributed by atoms with Crippen LogP contribution in [0.1, 0.15) is 258 Å². The maximum atomic E-state index is 13.5. The molecule has 9 nitrogen and oxygen atoms in total. The Morgan fingerprint density at radius 2 is 0.865 bits per heavy atom. The summed E-state index contributed by atoms with van der Waals surface area (Å²) in [5.41, 5.74) is 0. The van der Waals surface area contributed by atoms with Gasteiger partial charge in [0.1, 0.15) is 19.3 Å². The summed E-state index contributed by atoms with van der Waals surface area (Å²) in [4.78, 5) is 37.7. The van der Waals surface area contributed by atoms with Gasteiger partial charge in [0.05, 0.1) is 33.8 Å². The molecule has 428 valence electrons. The van der Waals surface area contributed by atoms with Crippen LogP contribution < -0.4 is 5.32 Å². The fourth-order valence-corrected chi connectivity index (χ4v) is 9.06. The number of carbonyl (C=O) groups excluding carboxylic acids is 2. The fourth-order valence-electron chi connectivity index (χ4n) is 8.33. The molecule has 74 heavy (non-hydrogen) atoms. The van der Waals surface area contributed by atoms with Gasteiger partial charge in [-0.25, -0.2) is 4.57 Å². The average Bonchev–Trinajstić information content (AvgIpc) is 3.36. The lowest BCUT2D eigenvalue weighted by Gasteiger charge is -2.27. The van der Waals surface area contributed by atoms with Crippen molar-refractivity contribution in [1.82, 2.24) is 5.32 Å². The molecule has 10 heteroatoms. The summed E-state index contributed by atoms with van der Waals surface area (Å²) in [7, 11) is 1.47. The zero-order valence-electron chi connectivity index (χ0n) is 48.8. The summed E-state index contributed by atoms with van der Waals surface area (Å²) < 4.78 is 30.6. The Hall–Kier alpha value is -2.81. The number of amides is 1. The van der Waals surface area contributed by atoms with Crippen molar-refractivity contribution in [1.29, 1.82) is 0 Å². The molecule has 0 aliphatic rings. The Labute approximate surface area is 456 Å². The van der Waals surface area contributed by atoms with E-state index < -0.39 is 20.0 Å². The van der Waals surface area contributed by atoms with Gasteiger partial charge in [-0.05, 0) is 102 Å². The van der Waals surface area contributed by atoms with Crippen LogP contribution in [0.2, 0.25) is 0 Å². The van der Waals surface area contributed by atoms with Crippen molar-refractivity contribution in [3.8, 4) is 0 Å². The van der Waals surface area contributed by atoms with Crippen molar-refractivity contribution >= 4 is 19.7 Å². The van der Waals surface area contributed by atoms with E-state index in [1.165, 1.54) is 109 Å². The molecule has 0 fully saturated rings. The molecule has 0 aromatic carbocycles. The molecule has 2 N–H and O–H groups in total. The molecule has 0 aliphatic heterocycles. The first-order chi connectivity index (χ1) is 35.9. The molecule has 0 bridgehead atoms. The van der Waals surface area contributed by atoms with E-state index in [9.17, 15) is 19.0 Å². The van der Waals surface area contributed by atoms with E-state index >= 15 is 0 Å². The number of nitrogens with one attached hydrogen (secondary N) is 1. The van der Waals surface area contributed by atoms with Crippen molar-refractivity contribution in [2.45, 2.75) is 270 Å². The highest BCUT2D eigenvalue weighted by atomic mass is 31.2. The number of nitrogens with zero attached hydrogens (tertiary/aromatic N) is 1. The first kappa shape index (κ1) is 71.2. The maximum absolute atomic E-state index is 13.5. The van der Waals surface area contributed by atoms with E-state index in [0.717, 1.165) is 116 Å². The summed E-state index contributed by atoms with van der Waals surface area (Å²) in [5, 5.41) is 3.04. The average molecular weight is 1060 g/mol. The normalized spacial score (nSPS) is 14.3. The third-order valence-corrected chi connectivity index (χ3v) is 14.1. The molecule has 0 aliphatic carbocycles. The molecule has 0 saturated carbocycles. The summed E-state index contributed by atoms with van der Waals surface area (Å²) in [6.45, 7) is 6.92. The molecule has 0 saturated heterocycles. The predicted molar refractivity (Wildman–Crippen MR) is 318 cm³/mol. The van der Waals surface area contributed by atoms with Gasteiger partial charge < -0.3 is 19.4 Å². The van der Waals surface area contributed by atoms with E-state index in [-0.39, 0.29) is 31.5 Å². The van der Waals surface area contributed by atoms with E-state index in [1.807, 2.05) is 33.3 Å². The van der Waals surface area contributed by atoms with Crippen LogP contribution >= 0.6 is 7.82 Å². The predicted octanol–water partition coefficient (Wildman–Crippen LogP) is 18.6. The van der Waals surface area contributed by atoms with Crippen molar-refractivity contribution in [2.24, 2.45) is 0 Å². The summed E-state index contributed by atoms with van der Waals surface area (Å²) >= 11 is 0. The number of carbonyl (C=O) groups is 2. The number of phosphoric acid groups is 1. The van der Waals surface area contributed by atoms with Gasteiger partial charge in [-0.2, -0.15) is 0 Å². The molecular weight excluding hydrogens is 940 g/mol. The fraction of sp³-hybridized carbons (Fsp3) is 0.750. The minimum Gasteiger partial charge on any atom is -0.456 e. The van der Waals surface area contributed by atoms with Crippen LogP contribution in [-0.4, -0.2) is 74.3 Å². The van der Waals surface area contributed by atoms with E-state index in [4.69, 9.17) is 13.8 Å².